The van der Waals surface area contributed by atoms with Crippen LogP contribution in [0.3, 0.4) is 0 Å². The van der Waals surface area contributed by atoms with Gasteiger partial charge in [0.1, 0.15) is 0 Å². The number of aliphatic carboxylic acids is 1. The minimum atomic E-state index is -4.51. The molecule has 0 bridgehead atoms. The Bertz CT molecular complexity index is 557. The zero-order chi connectivity index (χ0) is 15.6. The summed E-state index contributed by atoms with van der Waals surface area (Å²) in [5.74, 6) is -1.58. The van der Waals surface area contributed by atoms with E-state index in [1.165, 1.54) is 17.0 Å². The lowest BCUT2D eigenvalue weighted by Gasteiger charge is -2.23. The molecule has 7 heteroatoms. The third-order valence-corrected chi connectivity index (χ3v) is 3.49. The SMILES string of the molecule is O=C(O)CC1CCCN1C(=O)c1cccc(C(F)(F)F)c1. The smallest absolute Gasteiger partial charge is 0.416 e. The van der Waals surface area contributed by atoms with Crippen molar-refractivity contribution in [3.8, 4) is 0 Å². The van der Waals surface area contributed by atoms with Crippen molar-refractivity contribution in [2.45, 2.75) is 31.5 Å². The number of alkyl halides is 3. The van der Waals surface area contributed by atoms with E-state index < -0.39 is 29.7 Å². The number of amides is 1. The number of carboxylic acids is 1. The molecule has 0 spiro atoms. The molecule has 0 saturated carbocycles. The second-order valence-electron chi connectivity index (χ2n) is 4.97. The minimum absolute atomic E-state index is 0.0675. The average molecular weight is 301 g/mol. The predicted octanol–water partition coefficient (Wildman–Crippen LogP) is 2.78. The van der Waals surface area contributed by atoms with Gasteiger partial charge in [-0.15, -0.1) is 0 Å². The van der Waals surface area contributed by atoms with Gasteiger partial charge >= 0.3 is 12.1 Å². The highest BCUT2D eigenvalue weighted by molar-refractivity contribution is 5.95. The van der Waals surface area contributed by atoms with E-state index in [4.69, 9.17) is 5.11 Å². The molecule has 2 rings (SSSR count). The number of hydrogen-bond donors (Lipinski definition) is 1. The third kappa shape index (κ3) is 3.53. The number of hydrogen-bond acceptors (Lipinski definition) is 2. The highest BCUT2D eigenvalue weighted by Gasteiger charge is 2.34. The fourth-order valence-electron chi connectivity index (χ4n) is 2.51. The van der Waals surface area contributed by atoms with E-state index in [0.29, 0.717) is 19.4 Å². The van der Waals surface area contributed by atoms with Crippen molar-refractivity contribution >= 4 is 11.9 Å². The minimum Gasteiger partial charge on any atom is -0.481 e. The van der Waals surface area contributed by atoms with Crippen molar-refractivity contribution in [1.29, 1.82) is 0 Å². The van der Waals surface area contributed by atoms with Crippen LogP contribution in [-0.4, -0.2) is 34.5 Å². The molecule has 1 aliphatic heterocycles. The van der Waals surface area contributed by atoms with Crippen LogP contribution in [0, 0.1) is 0 Å². The lowest BCUT2D eigenvalue weighted by Crippen LogP contribution is -2.36. The van der Waals surface area contributed by atoms with Crippen molar-refractivity contribution in [1.82, 2.24) is 4.90 Å². The number of nitrogens with zero attached hydrogens (tertiary/aromatic N) is 1. The van der Waals surface area contributed by atoms with Gasteiger partial charge in [-0.1, -0.05) is 6.07 Å². The zero-order valence-electron chi connectivity index (χ0n) is 11.1. The lowest BCUT2D eigenvalue weighted by atomic mass is 10.1. The summed E-state index contributed by atoms with van der Waals surface area (Å²) in [5.41, 5.74) is -0.954. The van der Waals surface area contributed by atoms with Crippen LogP contribution in [0.15, 0.2) is 24.3 Å². The van der Waals surface area contributed by atoms with Gasteiger partial charge in [0.15, 0.2) is 0 Å². The van der Waals surface area contributed by atoms with Crippen LogP contribution in [-0.2, 0) is 11.0 Å². The van der Waals surface area contributed by atoms with Crippen molar-refractivity contribution in [2.75, 3.05) is 6.54 Å². The van der Waals surface area contributed by atoms with E-state index in [2.05, 4.69) is 0 Å². The first-order valence-corrected chi connectivity index (χ1v) is 6.49. The molecule has 1 amide bonds. The Kier molecular flexibility index (Phi) is 4.20. The Morgan fingerprint density at radius 1 is 1.33 bits per heavy atom. The molecule has 1 unspecified atom stereocenters. The maximum absolute atomic E-state index is 12.7. The van der Waals surface area contributed by atoms with E-state index in [1.807, 2.05) is 0 Å². The molecule has 0 aliphatic carbocycles. The van der Waals surface area contributed by atoms with Crippen LogP contribution in [0.1, 0.15) is 35.2 Å². The van der Waals surface area contributed by atoms with Gasteiger partial charge in [0, 0.05) is 18.2 Å². The molecule has 1 aromatic rings. The monoisotopic (exact) mass is 301 g/mol. The second-order valence-corrected chi connectivity index (χ2v) is 4.97. The Morgan fingerprint density at radius 3 is 2.67 bits per heavy atom. The first-order chi connectivity index (χ1) is 9.79. The number of carboxylic acid groups (broad SMARTS) is 1. The Balaban J connectivity index is 2.21. The molecule has 0 radical (unpaired) electrons. The normalized spacial score (nSPS) is 18.8. The number of rotatable bonds is 3. The molecule has 21 heavy (non-hydrogen) atoms. The largest absolute Gasteiger partial charge is 0.481 e. The van der Waals surface area contributed by atoms with Crippen LogP contribution in [0.5, 0.6) is 0 Å². The summed E-state index contributed by atoms with van der Waals surface area (Å²) in [5, 5.41) is 8.81. The molecule has 0 aromatic heterocycles. The number of halogens is 3. The molecule has 1 atom stereocenters. The van der Waals surface area contributed by atoms with Gasteiger partial charge in [-0.2, -0.15) is 13.2 Å². The molecule has 1 fully saturated rings. The van der Waals surface area contributed by atoms with E-state index in [9.17, 15) is 22.8 Å². The highest BCUT2D eigenvalue weighted by atomic mass is 19.4. The van der Waals surface area contributed by atoms with Crippen molar-refractivity contribution < 1.29 is 27.9 Å². The summed E-state index contributed by atoms with van der Waals surface area (Å²) in [6.45, 7) is 0.368. The van der Waals surface area contributed by atoms with Gasteiger partial charge in [0.05, 0.1) is 12.0 Å². The maximum atomic E-state index is 12.7. The van der Waals surface area contributed by atoms with Crippen LogP contribution >= 0.6 is 0 Å². The molecular weight excluding hydrogens is 287 g/mol. The summed E-state index contributed by atoms with van der Waals surface area (Å²) in [7, 11) is 0. The molecule has 1 aromatic carbocycles. The quantitative estimate of drug-likeness (QED) is 0.934. The molecule has 1 heterocycles. The molecular formula is C14H14F3NO3. The number of carbonyl (C=O) groups excluding carboxylic acids is 1. The first kappa shape index (κ1) is 15.3. The fourth-order valence-corrected chi connectivity index (χ4v) is 2.51. The van der Waals surface area contributed by atoms with E-state index in [1.54, 1.807) is 0 Å². The summed E-state index contributed by atoms with van der Waals surface area (Å²) in [6.07, 6.45) is -3.49. The number of carbonyl (C=O) groups is 2. The lowest BCUT2D eigenvalue weighted by molar-refractivity contribution is -0.138. The molecule has 1 saturated heterocycles. The van der Waals surface area contributed by atoms with Crippen molar-refractivity contribution in [3.05, 3.63) is 35.4 Å². The van der Waals surface area contributed by atoms with E-state index in [0.717, 1.165) is 12.1 Å². The van der Waals surface area contributed by atoms with E-state index >= 15 is 0 Å². The van der Waals surface area contributed by atoms with Gasteiger partial charge in [-0.25, -0.2) is 0 Å². The van der Waals surface area contributed by atoms with Gasteiger partial charge in [-0.05, 0) is 31.0 Å². The van der Waals surface area contributed by atoms with Crippen LogP contribution in [0.25, 0.3) is 0 Å². The Labute approximate surface area is 119 Å². The van der Waals surface area contributed by atoms with E-state index in [-0.39, 0.29) is 12.0 Å². The van der Waals surface area contributed by atoms with Crippen LogP contribution < -0.4 is 0 Å². The summed E-state index contributed by atoms with van der Waals surface area (Å²) in [4.78, 5) is 24.4. The van der Waals surface area contributed by atoms with Gasteiger partial charge in [0.25, 0.3) is 5.91 Å². The van der Waals surface area contributed by atoms with Gasteiger partial charge < -0.3 is 10.0 Å². The van der Waals surface area contributed by atoms with Gasteiger partial charge in [-0.3, -0.25) is 9.59 Å². The summed E-state index contributed by atoms with van der Waals surface area (Å²) >= 11 is 0. The molecule has 114 valence electrons. The maximum Gasteiger partial charge on any atom is 0.416 e. The fraction of sp³-hybridized carbons (Fsp3) is 0.429. The summed E-state index contributed by atoms with van der Waals surface area (Å²) < 4.78 is 38.0. The van der Waals surface area contributed by atoms with Gasteiger partial charge in [0.2, 0.25) is 0 Å². The van der Waals surface area contributed by atoms with Crippen LogP contribution in [0.4, 0.5) is 13.2 Å². The Hall–Kier alpha value is -2.05. The molecule has 4 nitrogen and oxygen atoms in total. The van der Waals surface area contributed by atoms with Crippen molar-refractivity contribution in [2.24, 2.45) is 0 Å². The zero-order valence-corrected chi connectivity index (χ0v) is 11.1. The topological polar surface area (TPSA) is 57.6 Å². The molecule has 1 N–H and O–H groups in total. The predicted molar refractivity (Wildman–Crippen MR) is 67.8 cm³/mol. The summed E-state index contributed by atoms with van der Waals surface area (Å²) in [6, 6.07) is 3.74. The van der Waals surface area contributed by atoms with Crippen LogP contribution in [0.2, 0.25) is 0 Å². The third-order valence-electron chi connectivity index (χ3n) is 3.49. The standard InChI is InChI=1S/C14H14F3NO3/c15-14(16,17)10-4-1-3-9(7-10)13(21)18-6-2-5-11(18)8-12(19)20/h1,3-4,7,11H,2,5-6,8H2,(H,19,20). The number of benzene rings is 1. The van der Waals surface area contributed by atoms with Crippen molar-refractivity contribution in [3.63, 3.8) is 0 Å². The number of likely N-dealkylation sites (tertiary alicyclic amines) is 1. The second kappa shape index (κ2) is 5.75. The highest BCUT2D eigenvalue weighted by Crippen LogP contribution is 2.30. The first-order valence-electron chi connectivity index (χ1n) is 6.49. The molecule has 1 aliphatic rings. The average Bonchev–Trinajstić information content (AvgIpc) is 2.84. The Morgan fingerprint density at radius 2 is 2.05 bits per heavy atom.